The summed E-state index contributed by atoms with van der Waals surface area (Å²) in [6.07, 6.45) is 0. The summed E-state index contributed by atoms with van der Waals surface area (Å²) in [7, 11) is 0. The molecule has 0 unspecified atom stereocenters. The molecular weight excluding hydrogens is 320 g/mol. The van der Waals surface area contributed by atoms with E-state index in [9.17, 15) is 8.78 Å². The number of rotatable bonds is 3. The Morgan fingerprint density at radius 1 is 1.11 bits per heavy atom. The number of thioether (sulfide) groups is 1. The molecule has 0 amide bonds. The lowest BCUT2D eigenvalue weighted by molar-refractivity contribution is 0.602. The highest BCUT2D eigenvalue weighted by Crippen LogP contribution is 2.29. The Balaban J connectivity index is 2.11. The average Bonchev–Trinajstić information content (AvgIpc) is 2.30. The summed E-state index contributed by atoms with van der Waals surface area (Å²) in [6.45, 7) is 0. The molecule has 0 spiro atoms. The van der Waals surface area contributed by atoms with Gasteiger partial charge < -0.3 is 5.73 Å². The summed E-state index contributed by atoms with van der Waals surface area (Å²) in [5.74, 6) is -0.0747. The third-order valence-corrected chi connectivity index (χ3v) is 4.19. The van der Waals surface area contributed by atoms with Gasteiger partial charge in [-0.15, -0.1) is 11.8 Å². The van der Waals surface area contributed by atoms with E-state index in [4.69, 9.17) is 5.73 Å². The smallest absolute Gasteiger partial charge is 0.138 e. The molecule has 2 rings (SSSR count). The van der Waals surface area contributed by atoms with Crippen LogP contribution >= 0.6 is 27.7 Å². The summed E-state index contributed by atoms with van der Waals surface area (Å²) >= 11 is 4.63. The van der Waals surface area contributed by atoms with E-state index < -0.39 is 0 Å². The molecule has 0 aliphatic rings. The molecule has 0 radical (unpaired) electrons. The molecule has 2 aromatic carbocycles. The van der Waals surface area contributed by atoms with Crippen LogP contribution in [0.25, 0.3) is 0 Å². The van der Waals surface area contributed by atoms with Gasteiger partial charge in [0.25, 0.3) is 0 Å². The summed E-state index contributed by atoms with van der Waals surface area (Å²) in [6, 6.07) is 9.07. The van der Waals surface area contributed by atoms with Crippen molar-refractivity contribution >= 4 is 33.4 Å². The Bertz CT molecular complexity index is 523. The van der Waals surface area contributed by atoms with Crippen molar-refractivity contribution in [3.8, 4) is 0 Å². The Hall–Kier alpha value is -1.07. The third-order valence-electron chi connectivity index (χ3n) is 2.35. The SMILES string of the molecule is Nc1ccc(SCc2ccc(F)cc2Br)c(F)c1. The molecule has 1 nitrogen and oxygen atoms in total. The molecule has 0 heterocycles. The quantitative estimate of drug-likeness (QED) is 0.657. The Labute approximate surface area is 117 Å². The zero-order valence-electron chi connectivity index (χ0n) is 9.29. The Kier molecular flexibility index (Phi) is 4.24. The van der Waals surface area contributed by atoms with E-state index >= 15 is 0 Å². The highest BCUT2D eigenvalue weighted by Gasteiger charge is 2.06. The maximum atomic E-state index is 13.5. The molecule has 0 aromatic heterocycles. The first-order valence-electron chi connectivity index (χ1n) is 5.18. The average molecular weight is 330 g/mol. The number of nitrogen functional groups attached to an aromatic ring is 1. The number of hydrogen-bond acceptors (Lipinski definition) is 2. The highest BCUT2D eigenvalue weighted by molar-refractivity contribution is 9.10. The molecule has 2 aromatic rings. The number of benzene rings is 2. The molecule has 0 saturated heterocycles. The van der Waals surface area contributed by atoms with Crippen molar-refractivity contribution in [2.45, 2.75) is 10.6 Å². The lowest BCUT2D eigenvalue weighted by Crippen LogP contribution is -1.89. The molecule has 5 heteroatoms. The van der Waals surface area contributed by atoms with Crippen LogP contribution in [0.5, 0.6) is 0 Å². The number of halogens is 3. The van der Waals surface area contributed by atoms with Crippen molar-refractivity contribution in [1.82, 2.24) is 0 Å². The van der Waals surface area contributed by atoms with E-state index in [0.29, 0.717) is 20.8 Å². The summed E-state index contributed by atoms with van der Waals surface area (Å²) in [5, 5.41) is 0. The van der Waals surface area contributed by atoms with Crippen LogP contribution in [0.15, 0.2) is 45.8 Å². The number of nitrogens with two attached hydrogens (primary N) is 1. The van der Waals surface area contributed by atoms with E-state index in [1.54, 1.807) is 18.2 Å². The second kappa shape index (κ2) is 5.71. The van der Waals surface area contributed by atoms with Gasteiger partial charge in [0.05, 0.1) is 0 Å². The number of hydrogen-bond donors (Lipinski definition) is 1. The van der Waals surface area contributed by atoms with E-state index in [0.717, 1.165) is 5.56 Å². The zero-order chi connectivity index (χ0) is 13.1. The second-order valence-electron chi connectivity index (χ2n) is 3.71. The fourth-order valence-corrected chi connectivity index (χ4v) is 3.03. The minimum atomic E-state index is -0.335. The first-order valence-corrected chi connectivity index (χ1v) is 6.96. The molecule has 0 saturated carbocycles. The monoisotopic (exact) mass is 329 g/mol. The van der Waals surface area contributed by atoms with Gasteiger partial charge in [-0.3, -0.25) is 0 Å². The lowest BCUT2D eigenvalue weighted by Gasteiger charge is -2.06. The predicted octanol–water partition coefficient (Wildman–Crippen LogP) is 4.60. The minimum absolute atomic E-state index is 0.297. The molecule has 2 N–H and O–H groups in total. The van der Waals surface area contributed by atoms with Crippen molar-refractivity contribution in [3.05, 3.63) is 58.1 Å². The number of anilines is 1. The molecule has 94 valence electrons. The topological polar surface area (TPSA) is 26.0 Å². The van der Waals surface area contributed by atoms with Crippen LogP contribution in [0.4, 0.5) is 14.5 Å². The molecule has 0 fully saturated rings. The maximum absolute atomic E-state index is 13.5. The van der Waals surface area contributed by atoms with Gasteiger partial charge in [-0.25, -0.2) is 8.78 Å². The molecule has 0 atom stereocenters. The van der Waals surface area contributed by atoms with Crippen molar-refractivity contribution in [2.24, 2.45) is 0 Å². The highest BCUT2D eigenvalue weighted by atomic mass is 79.9. The standard InChI is InChI=1S/C13H10BrF2NS/c14-11-5-9(15)2-1-8(11)7-18-13-4-3-10(17)6-12(13)16/h1-6H,7,17H2. The third kappa shape index (κ3) is 3.23. The molecular formula is C13H10BrF2NS. The molecule has 0 aliphatic heterocycles. The minimum Gasteiger partial charge on any atom is -0.399 e. The van der Waals surface area contributed by atoms with Crippen molar-refractivity contribution in [1.29, 1.82) is 0 Å². The van der Waals surface area contributed by atoms with Crippen LogP contribution in [-0.4, -0.2) is 0 Å². The van der Waals surface area contributed by atoms with Crippen molar-refractivity contribution in [2.75, 3.05) is 5.73 Å². The maximum Gasteiger partial charge on any atom is 0.138 e. The molecule has 0 bridgehead atoms. The van der Waals surface area contributed by atoms with Crippen LogP contribution in [0.3, 0.4) is 0 Å². The van der Waals surface area contributed by atoms with Gasteiger partial charge in [-0.1, -0.05) is 22.0 Å². The van der Waals surface area contributed by atoms with Gasteiger partial charge in [0.15, 0.2) is 0 Å². The van der Waals surface area contributed by atoms with E-state index in [2.05, 4.69) is 15.9 Å². The van der Waals surface area contributed by atoms with Crippen molar-refractivity contribution in [3.63, 3.8) is 0 Å². The van der Waals surface area contributed by atoms with Crippen LogP contribution in [0.1, 0.15) is 5.56 Å². The first-order chi connectivity index (χ1) is 8.56. The predicted molar refractivity (Wildman–Crippen MR) is 74.5 cm³/mol. The molecule has 0 aliphatic carbocycles. The first kappa shape index (κ1) is 13.4. The van der Waals surface area contributed by atoms with Gasteiger partial charge in [-0.05, 0) is 35.9 Å². The van der Waals surface area contributed by atoms with E-state index in [-0.39, 0.29) is 11.6 Å². The summed E-state index contributed by atoms with van der Waals surface area (Å²) < 4.78 is 27.1. The van der Waals surface area contributed by atoms with Gasteiger partial charge in [0.1, 0.15) is 11.6 Å². The summed E-state index contributed by atoms with van der Waals surface area (Å²) in [4.78, 5) is 0.528. The fourth-order valence-electron chi connectivity index (χ4n) is 1.43. The van der Waals surface area contributed by atoms with Gasteiger partial charge in [-0.2, -0.15) is 0 Å². The fraction of sp³-hybridized carbons (Fsp3) is 0.0769. The second-order valence-corrected chi connectivity index (χ2v) is 5.59. The van der Waals surface area contributed by atoms with Crippen LogP contribution < -0.4 is 5.73 Å². The van der Waals surface area contributed by atoms with Gasteiger partial charge in [0, 0.05) is 20.8 Å². The van der Waals surface area contributed by atoms with Crippen LogP contribution in [0, 0.1) is 11.6 Å². The Morgan fingerprint density at radius 2 is 1.89 bits per heavy atom. The van der Waals surface area contributed by atoms with Crippen LogP contribution in [0.2, 0.25) is 0 Å². The zero-order valence-corrected chi connectivity index (χ0v) is 11.7. The van der Waals surface area contributed by atoms with E-state index in [1.807, 2.05) is 0 Å². The lowest BCUT2D eigenvalue weighted by atomic mass is 10.2. The van der Waals surface area contributed by atoms with Gasteiger partial charge in [0.2, 0.25) is 0 Å². The molecule has 18 heavy (non-hydrogen) atoms. The van der Waals surface area contributed by atoms with Crippen LogP contribution in [-0.2, 0) is 5.75 Å². The normalized spacial score (nSPS) is 10.6. The van der Waals surface area contributed by atoms with Crippen molar-refractivity contribution < 1.29 is 8.78 Å². The Morgan fingerprint density at radius 3 is 2.56 bits per heavy atom. The van der Waals surface area contributed by atoms with Gasteiger partial charge >= 0.3 is 0 Å². The summed E-state index contributed by atoms with van der Waals surface area (Å²) in [5.41, 5.74) is 6.79. The largest absolute Gasteiger partial charge is 0.399 e. The van der Waals surface area contributed by atoms with E-state index in [1.165, 1.54) is 30.0 Å².